The Morgan fingerprint density at radius 2 is 1.90 bits per heavy atom. The van der Waals surface area contributed by atoms with Crippen LogP contribution in [0, 0.1) is 0 Å². The summed E-state index contributed by atoms with van der Waals surface area (Å²) < 4.78 is 5.38. The van der Waals surface area contributed by atoms with Gasteiger partial charge in [-0.1, -0.05) is 36.8 Å². The molecule has 2 heterocycles. The Morgan fingerprint density at radius 1 is 1.03 bits per heavy atom. The molecule has 0 aliphatic carbocycles. The topological polar surface area (TPSA) is 79.0 Å². The highest BCUT2D eigenvalue weighted by atomic mass is 16.5. The average molecular weight is 393 g/mol. The van der Waals surface area contributed by atoms with Gasteiger partial charge in [-0.15, -0.1) is 0 Å². The fourth-order valence-electron chi connectivity index (χ4n) is 3.77. The molecule has 3 N–H and O–H groups in total. The Hall–Kier alpha value is -2.70. The Bertz CT molecular complexity index is 995. The van der Waals surface area contributed by atoms with Gasteiger partial charge in [0.2, 0.25) is 0 Å². The van der Waals surface area contributed by atoms with Gasteiger partial charge in [-0.2, -0.15) is 5.10 Å². The second-order valence-corrected chi connectivity index (χ2v) is 7.53. The van der Waals surface area contributed by atoms with E-state index in [2.05, 4.69) is 33.0 Å². The molecule has 1 saturated heterocycles. The summed E-state index contributed by atoms with van der Waals surface area (Å²) in [4.78, 5) is 12.0. The molecule has 6 heteroatoms. The van der Waals surface area contributed by atoms with E-state index in [1.807, 2.05) is 36.4 Å². The lowest BCUT2D eigenvalue weighted by Gasteiger charge is -2.11. The van der Waals surface area contributed by atoms with Gasteiger partial charge in [0.1, 0.15) is 0 Å². The summed E-state index contributed by atoms with van der Waals surface area (Å²) in [5.41, 5.74) is 2.70. The van der Waals surface area contributed by atoms with Crippen LogP contribution in [0.3, 0.4) is 0 Å². The quantitative estimate of drug-likeness (QED) is 0.485. The second-order valence-electron chi connectivity index (χ2n) is 7.53. The maximum Gasteiger partial charge on any atom is 0.272 e. The van der Waals surface area contributed by atoms with E-state index in [4.69, 9.17) is 4.74 Å². The lowest BCUT2D eigenvalue weighted by atomic mass is 10.0. The first-order valence-electron chi connectivity index (χ1n) is 10.4. The van der Waals surface area contributed by atoms with E-state index in [1.165, 1.54) is 12.8 Å². The number of fused-ring (bicyclic) bond motifs is 1. The van der Waals surface area contributed by atoms with Crippen LogP contribution in [0.25, 0.3) is 22.0 Å². The van der Waals surface area contributed by atoms with Crippen molar-refractivity contribution in [3.05, 3.63) is 58.9 Å². The molecule has 1 aliphatic heterocycles. The Labute approximate surface area is 170 Å². The number of H-pyrrole nitrogens is 1. The van der Waals surface area contributed by atoms with Crippen LogP contribution < -0.4 is 16.2 Å². The largest absolute Gasteiger partial charge is 0.385 e. The Kier molecular flexibility index (Phi) is 6.54. The minimum absolute atomic E-state index is 0.159. The molecule has 4 rings (SSSR count). The van der Waals surface area contributed by atoms with E-state index in [-0.39, 0.29) is 5.56 Å². The highest BCUT2D eigenvalue weighted by Crippen LogP contribution is 2.26. The zero-order valence-corrected chi connectivity index (χ0v) is 16.6. The van der Waals surface area contributed by atoms with Crippen molar-refractivity contribution in [1.82, 2.24) is 15.5 Å². The number of hydrogen-bond acceptors (Lipinski definition) is 5. The molecule has 0 radical (unpaired) electrons. The summed E-state index contributed by atoms with van der Waals surface area (Å²) in [6.45, 7) is 3.76. The number of hydrogen-bond donors (Lipinski definition) is 3. The average Bonchev–Trinajstić information content (AvgIpc) is 3.27. The van der Waals surface area contributed by atoms with E-state index < -0.39 is 0 Å². The number of rotatable bonds is 9. The first-order valence-corrected chi connectivity index (χ1v) is 10.4. The number of aromatic amines is 1. The maximum atomic E-state index is 12.0. The van der Waals surface area contributed by atoms with Crippen LogP contribution in [0.5, 0.6) is 0 Å². The molecule has 1 atom stereocenters. The zero-order chi connectivity index (χ0) is 19.9. The lowest BCUT2D eigenvalue weighted by Crippen LogP contribution is -2.29. The van der Waals surface area contributed by atoms with E-state index in [0.717, 1.165) is 61.5 Å². The van der Waals surface area contributed by atoms with Crippen LogP contribution in [0.4, 0.5) is 5.69 Å². The fraction of sp³-hybridized carbons (Fsp3) is 0.391. The van der Waals surface area contributed by atoms with Crippen molar-refractivity contribution in [1.29, 1.82) is 0 Å². The van der Waals surface area contributed by atoms with Crippen molar-refractivity contribution in [2.45, 2.75) is 31.7 Å². The first kappa shape index (κ1) is 19.6. The minimum atomic E-state index is -0.159. The number of benzene rings is 2. The minimum Gasteiger partial charge on any atom is -0.385 e. The van der Waals surface area contributed by atoms with Gasteiger partial charge < -0.3 is 15.4 Å². The number of unbranched alkanes of at least 4 members (excludes halogenated alkanes) is 2. The van der Waals surface area contributed by atoms with Gasteiger partial charge in [0, 0.05) is 35.8 Å². The SMILES string of the molecule is O=c1[nH]nc(-c2cccc(NCCCCCN[C@H]3CCOC3)c2)c2ccccc12. The maximum absolute atomic E-state index is 12.0. The first-order chi connectivity index (χ1) is 14.3. The molecule has 0 spiro atoms. The van der Waals surface area contributed by atoms with Gasteiger partial charge in [0.25, 0.3) is 5.56 Å². The van der Waals surface area contributed by atoms with Gasteiger partial charge in [-0.25, -0.2) is 5.10 Å². The molecule has 0 bridgehead atoms. The predicted octanol–water partition coefficient (Wildman–Crippen LogP) is 3.55. The Morgan fingerprint density at radius 3 is 2.76 bits per heavy atom. The second kappa shape index (κ2) is 9.67. The third-order valence-electron chi connectivity index (χ3n) is 5.38. The summed E-state index contributed by atoms with van der Waals surface area (Å²) in [5, 5.41) is 15.5. The molecule has 1 aliphatic rings. The summed E-state index contributed by atoms with van der Waals surface area (Å²) >= 11 is 0. The Balaban J connectivity index is 1.30. The normalized spacial score (nSPS) is 16.3. The molecule has 152 valence electrons. The van der Waals surface area contributed by atoms with E-state index >= 15 is 0 Å². The molecular weight excluding hydrogens is 364 g/mol. The van der Waals surface area contributed by atoms with Gasteiger partial charge in [0.15, 0.2) is 0 Å². The van der Waals surface area contributed by atoms with Crippen molar-refractivity contribution in [2.24, 2.45) is 0 Å². The van der Waals surface area contributed by atoms with Crippen molar-refractivity contribution < 1.29 is 4.74 Å². The fourth-order valence-corrected chi connectivity index (χ4v) is 3.77. The highest BCUT2D eigenvalue weighted by molar-refractivity contribution is 5.94. The molecule has 6 nitrogen and oxygen atoms in total. The van der Waals surface area contributed by atoms with Crippen LogP contribution in [0.1, 0.15) is 25.7 Å². The van der Waals surface area contributed by atoms with Gasteiger partial charge in [0.05, 0.1) is 17.7 Å². The van der Waals surface area contributed by atoms with E-state index in [9.17, 15) is 4.79 Å². The molecule has 0 unspecified atom stereocenters. The van der Waals surface area contributed by atoms with Crippen LogP contribution in [-0.2, 0) is 4.74 Å². The van der Waals surface area contributed by atoms with Gasteiger partial charge in [-0.05, 0) is 44.0 Å². The van der Waals surface area contributed by atoms with E-state index in [0.29, 0.717) is 11.4 Å². The monoisotopic (exact) mass is 392 g/mol. The standard InChI is InChI=1S/C23H28N4O2/c28-23-21-10-3-2-9-20(21)22(26-27-23)17-7-6-8-18(15-17)24-12-4-1-5-13-25-19-11-14-29-16-19/h2-3,6-10,15,19,24-25H,1,4-5,11-14,16H2,(H,27,28)/t19-/m0/s1. The predicted molar refractivity (Wildman–Crippen MR) is 117 cm³/mol. The molecule has 0 amide bonds. The van der Waals surface area contributed by atoms with Crippen molar-refractivity contribution in [3.8, 4) is 11.3 Å². The molecule has 2 aromatic carbocycles. The number of anilines is 1. The van der Waals surface area contributed by atoms with E-state index in [1.54, 1.807) is 0 Å². The summed E-state index contributed by atoms with van der Waals surface area (Å²) in [5.74, 6) is 0. The van der Waals surface area contributed by atoms with Crippen LogP contribution >= 0.6 is 0 Å². The molecule has 3 aromatic rings. The number of nitrogens with one attached hydrogen (secondary N) is 3. The third-order valence-corrected chi connectivity index (χ3v) is 5.38. The summed E-state index contributed by atoms with van der Waals surface area (Å²) in [6.07, 6.45) is 4.65. The van der Waals surface area contributed by atoms with Gasteiger partial charge >= 0.3 is 0 Å². The number of aromatic nitrogens is 2. The van der Waals surface area contributed by atoms with Crippen LogP contribution in [0.2, 0.25) is 0 Å². The molecule has 0 saturated carbocycles. The number of nitrogens with zero attached hydrogens (tertiary/aromatic N) is 1. The van der Waals surface area contributed by atoms with Crippen LogP contribution in [0.15, 0.2) is 53.3 Å². The van der Waals surface area contributed by atoms with Crippen molar-refractivity contribution >= 4 is 16.5 Å². The van der Waals surface area contributed by atoms with Crippen LogP contribution in [-0.4, -0.2) is 42.5 Å². The number of ether oxygens (including phenoxy) is 1. The van der Waals surface area contributed by atoms with Gasteiger partial charge in [-0.3, -0.25) is 4.79 Å². The van der Waals surface area contributed by atoms with Crippen molar-refractivity contribution in [3.63, 3.8) is 0 Å². The molecule has 29 heavy (non-hydrogen) atoms. The lowest BCUT2D eigenvalue weighted by molar-refractivity contribution is 0.190. The van der Waals surface area contributed by atoms with Crippen molar-refractivity contribution in [2.75, 3.05) is 31.6 Å². The highest BCUT2D eigenvalue weighted by Gasteiger charge is 2.13. The molecule has 1 fully saturated rings. The smallest absolute Gasteiger partial charge is 0.272 e. The molecular formula is C23H28N4O2. The third kappa shape index (κ3) is 5.02. The summed E-state index contributed by atoms with van der Waals surface area (Å²) in [6, 6.07) is 16.3. The molecule has 1 aromatic heterocycles. The summed E-state index contributed by atoms with van der Waals surface area (Å²) in [7, 11) is 0. The zero-order valence-electron chi connectivity index (χ0n) is 16.6.